The second-order valence-electron chi connectivity index (χ2n) is 4.73. The number of carbonyl (C=O) groups excluding carboxylic acids is 1. The first-order chi connectivity index (χ1) is 9.51. The monoisotopic (exact) mass is 270 g/mol. The van der Waals surface area contributed by atoms with Crippen LogP contribution in [0.1, 0.15) is 21.5 Å². The number of nitrogen functional groups attached to an aromatic ring is 1. The second-order valence-corrected chi connectivity index (χ2v) is 4.73. The van der Waals surface area contributed by atoms with Gasteiger partial charge in [0.15, 0.2) is 0 Å². The zero-order valence-electron chi connectivity index (χ0n) is 11.9. The van der Waals surface area contributed by atoms with E-state index in [0.29, 0.717) is 22.7 Å². The fourth-order valence-electron chi connectivity index (χ4n) is 2.03. The van der Waals surface area contributed by atoms with Crippen molar-refractivity contribution in [3.8, 4) is 5.75 Å². The van der Waals surface area contributed by atoms with Crippen LogP contribution < -0.4 is 15.8 Å². The largest absolute Gasteiger partial charge is 0.497 e. The SMILES string of the molecule is COc1ccc(N)c(NC(=O)c2ccc(C)cc2C)c1. The summed E-state index contributed by atoms with van der Waals surface area (Å²) in [7, 11) is 1.57. The molecule has 0 aliphatic rings. The van der Waals surface area contributed by atoms with E-state index in [1.807, 2.05) is 32.0 Å². The number of benzene rings is 2. The van der Waals surface area contributed by atoms with E-state index in [-0.39, 0.29) is 5.91 Å². The van der Waals surface area contributed by atoms with E-state index in [2.05, 4.69) is 5.32 Å². The van der Waals surface area contributed by atoms with Crippen LogP contribution in [0, 0.1) is 13.8 Å². The molecule has 4 heteroatoms. The maximum atomic E-state index is 12.3. The summed E-state index contributed by atoms with van der Waals surface area (Å²) in [5, 5.41) is 2.82. The molecule has 20 heavy (non-hydrogen) atoms. The standard InChI is InChI=1S/C16H18N2O2/c1-10-4-6-13(11(2)8-10)16(19)18-15-9-12(20-3)5-7-14(15)17/h4-9H,17H2,1-3H3,(H,18,19). The number of anilines is 2. The molecule has 2 aromatic carbocycles. The van der Waals surface area contributed by atoms with E-state index >= 15 is 0 Å². The Bertz CT molecular complexity index is 651. The molecule has 1 amide bonds. The smallest absolute Gasteiger partial charge is 0.255 e. The Morgan fingerprint density at radius 2 is 1.90 bits per heavy atom. The number of aryl methyl sites for hydroxylation is 2. The first-order valence-corrected chi connectivity index (χ1v) is 6.33. The minimum absolute atomic E-state index is 0.178. The molecule has 0 aromatic heterocycles. The minimum atomic E-state index is -0.178. The highest BCUT2D eigenvalue weighted by atomic mass is 16.5. The molecular weight excluding hydrogens is 252 g/mol. The number of amides is 1. The maximum absolute atomic E-state index is 12.3. The predicted octanol–water partition coefficient (Wildman–Crippen LogP) is 3.15. The molecule has 0 atom stereocenters. The van der Waals surface area contributed by atoms with Gasteiger partial charge in [0.1, 0.15) is 5.75 Å². The number of methoxy groups -OCH3 is 1. The van der Waals surface area contributed by atoms with Gasteiger partial charge in [-0.3, -0.25) is 4.79 Å². The lowest BCUT2D eigenvalue weighted by atomic mass is 10.1. The number of nitrogens with one attached hydrogen (secondary N) is 1. The van der Waals surface area contributed by atoms with Gasteiger partial charge in [0.2, 0.25) is 0 Å². The zero-order chi connectivity index (χ0) is 14.7. The van der Waals surface area contributed by atoms with Crippen molar-refractivity contribution in [3.63, 3.8) is 0 Å². The molecule has 0 heterocycles. The molecule has 0 saturated heterocycles. The molecule has 0 aliphatic carbocycles. The number of nitrogens with two attached hydrogens (primary N) is 1. The second kappa shape index (κ2) is 5.65. The summed E-state index contributed by atoms with van der Waals surface area (Å²) in [4.78, 5) is 12.3. The first-order valence-electron chi connectivity index (χ1n) is 6.33. The molecule has 0 unspecified atom stereocenters. The van der Waals surface area contributed by atoms with Crippen molar-refractivity contribution in [1.29, 1.82) is 0 Å². The van der Waals surface area contributed by atoms with Gasteiger partial charge in [-0.2, -0.15) is 0 Å². The van der Waals surface area contributed by atoms with Gasteiger partial charge in [-0.25, -0.2) is 0 Å². The van der Waals surface area contributed by atoms with Crippen LogP contribution in [0.3, 0.4) is 0 Å². The molecule has 0 radical (unpaired) electrons. The lowest BCUT2D eigenvalue weighted by Crippen LogP contribution is -2.14. The maximum Gasteiger partial charge on any atom is 0.255 e. The van der Waals surface area contributed by atoms with Crippen molar-refractivity contribution in [1.82, 2.24) is 0 Å². The van der Waals surface area contributed by atoms with E-state index < -0.39 is 0 Å². The number of carbonyl (C=O) groups is 1. The van der Waals surface area contributed by atoms with Crippen LogP contribution in [-0.2, 0) is 0 Å². The molecule has 2 rings (SSSR count). The molecule has 4 nitrogen and oxygen atoms in total. The van der Waals surface area contributed by atoms with Gasteiger partial charge in [0.05, 0.1) is 18.5 Å². The lowest BCUT2D eigenvalue weighted by molar-refractivity contribution is 0.102. The highest BCUT2D eigenvalue weighted by Gasteiger charge is 2.11. The van der Waals surface area contributed by atoms with Crippen LogP contribution in [0.5, 0.6) is 5.75 Å². The predicted molar refractivity (Wildman–Crippen MR) is 81.3 cm³/mol. The van der Waals surface area contributed by atoms with E-state index in [0.717, 1.165) is 11.1 Å². The van der Waals surface area contributed by atoms with Crippen LogP contribution in [0.2, 0.25) is 0 Å². The summed E-state index contributed by atoms with van der Waals surface area (Å²) >= 11 is 0. The van der Waals surface area contributed by atoms with E-state index in [4.69, 9.17) is 10.5 Å². The van der Waals surface area contributed by atoms with Crippen molar-refractivity contribution in [2.24, 2.45) is 0 Å². The fraction of sp³-hybridized carbons (Fsp3) is 0.188. The van der Waals surface area contributed by atoms with Crippen molar-refractivity contribution in [2.75, 3.05) is 18.2 Å². The topological polar surface area (TPSA) is 64.3 Å². The van der Waals surface area contributed by atoms with Gasteiger partial charge in [-0.15, -0.1) is 0 Å². The Labute approximate surface area is 118 Å². The summed E-state index contributed by atoms with van der Waals surface area (Å²) in [6.07, 6.45) is 0. The molecule has 0 saturated carbocycles. The van der Waals surface area contributed by atoms with Gasteiger partial charge in [-0.05, 0) is 37.6 Å². The molecule has 104 valence electrons. The summed E-state index contributed by atoms with van der Waals surface area (Å²) in [6, 6.07) is 10.9. The van der Waals surface area contributed by atoms with Gasteiger partial charge >= 0.3 is 0 Å². The van der Waals surface area contributed by atoms with Crippen molar-refractivity contribution >= 4 is 17.3 Å². The Balaban J connectivity index is 2.27. The fourth-order valence-corrected chi connectivity index (χ4v) is 2.03. The quantitative estimate of drug-likeness (QED) is 0.842. The van der Waals surface area contributed by atoms with Crippen molar-refractivity contribution in [2.45, 2.75) is 13.8 Å². The zero-order valence-corrected chi connectivity index (χ0v) is 11.9. The highest BCUT2D eigenvalue weighted by molar-refractivity contribution is 6.06. The van der Waals surface area contributed by atoms with Crippen molar-refractivity contribution in [3.05, 3.63) is 53.1 Å². The Morgan fingerprint density at radius 1 is 1.15 bits per heavy atom. The van der Waals surface area contributed by atoms with Gasteiger partial charge in [0.25, 0.3) is 5.91 Å². The van der Waals surface area contributed by atoms with Crippen molar-refractivity contribution < 1.29 is 9.53 Å². The molecule has 0 spiro atoms. The van der Waals surface area contributed by atoms with Crippen LogP contribution in [-0.4, -0.2) is 13.0 Å². The van der Waals surface area contributed by atoms with E-state index in [1.165, 1.54) is 0 Å². The molecule has 2 aromatic rings. The Morgan fingerprint density at radius 3 is 2.55 bits per heavy atom. The summed E-state index contributed by atoms with van der Waals surface area (Å²) < 4.78 is 5.13. The van der Waals surface area contributed by atoms with Crippen LogP contribution in [0.4, 0.5) is 11.4 Å². The first kappa shape index (κ1) is 13.9. The minimum Gasteiger partial charge on any atom is -0.497 e. The average molecular weight is 270 g/mol. The lowest BCUT2D eigenvalue weighted by Gasteiger charge is -2.11. The molecule has 3 N–H and O–H groups in total. The highest BCUT2D eigenvalue weighted by Crippen LogP contribution is 2.25. The normalized spacial score (nSPS) is 10.2. The van der Waals surface area contributed by atoms with Crippen LogP contribution >= 0.6 is 0 Å². The third kappa shape index (κ3) is 2.91. The molecule has 0 aliphatic heterocycles. The van der Waals surface area contributed by atoms with Gasteiger partial charge < -0.3 is 15.8 Å². The number of rotatable bonds is 3. The third-order valence-corrected chi connectivity index (χ3v) is 3.14. The summed E-state index contributed by atoms with van der Waals surface area (Å²) in [5.41, 5.74) is 9.61. The number of ether oxygens (including phenoxy) is 1. The van der Waals surface area contributed by atoms with Crippen LogP contribution in [0.25, 0.3) is 0 Å². The van der Waals surface area contributed by atoms with E-state index in [1.54, 1.807) is 25.3 Å². The number of hydrogen-bond acceptors (Lipinski definition) is 3. The molecular formula is C16H18N2O2. The Hall–Kier alpha value is -2.49. The summed E-state index contributed by atoms with van der Waals surface area (Å²) in [6.45, 7) is 3.91. The number of hydrogen-bond donors (Lipinski definition) is 2. The van der Waals surface area contributed by atoms with Gasteiger partial charge in [-0.1, -0.05) is 17.7 Å². The van der Waals surface area contributed by atoms with Gasteiger partial charge in [0, 0.05) is 11.6 Å². The average Bonchev–Trinajstić information content (AvgIpc) is 2.41. The third-order valence-electron chi connectivity index (χ3n) is 3.14. The Kier molecular flexibility index (Phi) is 3.94. The molecule has 0 fully saturated rings. The summed E-state index contributed by atoms with van der Waals surface area (Å²) in [5.74, 6) is 0.470. The van der Waals surface area contributed by atoms with Crippen LogP contribution in [0.15, 0.2) is 36.4 Å². The van der Waals surface area contributed by atoms with E-state index in [9.17, 15) is 4.79 Å². The molecule has 0 bridgehead atoms.